The van der Waals surface area contributed by atoms with Crippen LogP contribution in [-0.4, -0.2) is 25.8 Å². The molecule has 0 saturated heterocycles. The van der Waals surface area contributed by atoms with Crippen LogP contribution in [0.3, 0.4) is 0 Å². The van der Waals surface area contributed by atoms with Gasteiger partial charge in [0.25, 0.3) is 0 Å². The summed E-state index contributed by atoms with van der Waals surface area (Å²) >= 11 is 7.23. The van der Waals surface area contributed by atoms with E-state index in [1.807, 2.05) is 0 Å². The highest BCUT2D eigenvalue weighted by Crippen LogP contribution is 2.30. The number of aromatic carboxylic acids is 1. The second-order valence-electron chi connectivity index (χ2n) is 3.99. The first-order valence-corrected chi connectivity index (χ1v) is 6.88. The van der Waals surface area contributed by atoms with Crippen molar-refractivity contribution in [1.29, 1.82) is 0 Å². The van der Waals surface area contributed by atoms with Gasteiger partial charge < -0.3 is 5.11 Å². The Bertz CT molecular complexity index is 767. The van der Waals surface area contributed by atoms with Crippen molar-refractivity contribution >= 4 is 28.9 Å². The number of aromatic nitrogens is 3. The minimum Gasteiger partial charge on any atom is -0.478 e. The van der Waals surface area contributed by atoms with Crippen molar-refractivity contribution in [1.82, 2.24) is 14.8 Å². The van der Waals surface area contributed by atoms with Gasteiger partial charge >= 0.3 is 5.97 Å². The lowest BCUT2D eigenvalue weighted by Crippen LogP contribution is -1.96. The zero-order valence-corrected chi connectivity index (χ0v) is 11.6. The molecule has 0 radical (unpaired) electrons. The highest BCUT2D eigenvalue weighted by molar-refractivity contribution is 7.14. The van der Waals surface area contributed by atoms with E-state index in [1.54, 1.807) is 36.0 Å². The topological polar surface area (TPSA) is 68.0 Å². The summed E-state index contributed by atoms with van der Waals surface area (Å²) in [6.45, 7) is 0. The molecule has 3 aromatic rings. The van der Waals surface area contributed by atoms with Gasteiger partial charge in [-0.05, 0) is 18.2 Å². The van der Waals surface area contributed by atoms with Crippen LogP contribution in [0, 0.1) is 0 Å². The van der Waals surface area contributed by atoms with E-state index in [0.29, 0.717) is 15.6 Å². The predicted octanol–water partition coefficient (Wildman–Crippen LogP) is 3.35. The minimum atomic E-state index is -1.03. The molecule has 100 valence electrons. The maximum Gasteiger partial charge on any atom is 0.339 e. The second-order valence-corrected chi connectivity index (χ2v) is 5.53. The lowest BCUT2D eigenvalue weighted by Gasteiger charge is -1.98. The van der Waals surface area contributed by atoms with Crippen LogP contribution >= 0.6 is 22.9 Å². The molecule has 0 unspecified atom stereocenters. The quantitative estimate of drug-likeness (QED) is 0.805. The lowest BCUT2D eigenvalue weighted by atomic mass is 10.1. The highest BCUT2D eigenvalue weighted by Gasteiger charge is 2.18. The summed E-state index contributed by atoms with van der Waals surface area (Å²) in [5.41, 5.74) is 1.98. The number of nitrogens with zero attached hydrogens (tertiary/aromatic N) is 3. The molecule has 0 spiro atoms. The molecular weight excluding hydrogens is 298 g/mol. The summed E-state index contributed by atoms with van der Waals surface area (Å²) < 4.78 is 2.11. The maximum absolute atomic E-state index is 11.4. The van der Waals surface area contributed by atoms with Crippen molar-refractivity contribution in [2.75, 3.05) is 0 Å². The standard InChI is InChI=1S/C13H8ClN3O2S/c14-11-5-8(7-20-11)12-10(13(18)19)6-17(16-12)9-1-3-15-4-2-9/h1-7H,(H,18,19). The summed E-state index contributed by atoms with van der Waals surface area (Å²) in [7, 11) is 0. The molecule has 0 aliphatic heterocycles. The molecule has 0 aliphatic rings. The Morgan fingerprint density at radius 2 is 2.10 bits per heavy atom. The van der Waals surface area contributed by atoms with Gasteiger partial charge in [-0.1, -0.05) is 11.6 Å². The van der Waals surface area contributed by atoms with Crippen LogP contribution in [0.25, 0.3) is 16.9 Å². The molecule has 5 nitrogen and oxygen atoms in total. The first-order valence-electron chi connectivity index (χ1n) is 5.63. The van der Waals surface area contributed by atoms with Crippen LogP contribution in [0.15, 0.2) is 42.2 Å². The minimum absolute atomic E-state index is 0.135. The van der Waals surface area contributed by atoms with E-state index < -0.39 is 5.97 Å². The molecular formula is C13H8ClN3O2S. The van der Waals surface area contributed by atoms with E-state index in [0.717, 1.165) is 5.69 Å². The van der Waals surface area contributed by atoms with Gasteiger partial charge in [-0.25, -0.2) is 9.48 Å². The summed E-state index contributed by atoms with van der Waals surface area (Å²) in [4.78, 5) is 15.3. The molecule has 0 bridgehead atoms. The third-order valence-electron chi connectivity index (χ3n) is 2.71. The van der Waals surface area contributed by atoms with Crippen LogP contribution < -0.4 is 0 Å². The Labute approximate surface area is 123 Å². The first kappa shape index (κ1) is 12.8. The van der Waals surface area contributed by atoms with Crippen LogP contribution in [0.2, 0.25) is 4.34 Å². The van der Waals surface area contributed by atoms with Gasteiger partial charge in [0.05, 0.1) is 10.0 Å². The number of carboxylic acid groups (broad SMARTS) is 1. The normalized spacial score (nSPS) is 10.7. The molecule has 3 heterocycles. The summed E-state index contributed by atoms with van der Waals surface area (Å²) in [5.74, 6) is -1.03. The van der Waals surface area contributed by atoms with Gasteiger partial charge in [0.2, 0.25) is 0 Å². The molecule has 7 heteroatoms. The molecule has 0 aliphatic carbocycles. The Balaban J connectivity index is 2.15. The molecule has 0 amide bonds. The van der Waals surface area contributed by atoms with E-state index >= 15 is 0 Å². The number of thiophene rings is 1. The summed E-state index contributed by atoms with van der Waals surface area (Å²) in [5, 5.41) is 15.4. The predicted molar refractivity (Wildman–Crippen MR) is 76.6 cm³/mol. The molecule has 0 aromatic carbocycles. The first-order chi connectivity index (χ1) is 9.65. The smallest absolute Gasteiger partial charge is 0.339 e. The van der Waals surface area contributed by atoms with E-state index in [-0.39, 0.29) is 5.56 Å². The molecule has 1 N–H and O–H groups in total. The fourth-order valence-corrected chi connectivity index (χ4v) is 2.67. The fraction of sp³-hybridized carbons (Fsp3) is 0. The molecule has 3 aromatic heterocycles. The number of hydrogen-bond acceptors (Lipinski definition) is 4. The number of hydrogen-bond donors (Lipinski definition) is 1. The van der Waals surface area contributed by atoms with Crippen LogP contribution in [0.5, 0.6) is 0 Å². The molecule has 20 heavy (non-hydrogen) atoms. The van der Waals surface area contributed by atoms with E-state index in [1.165, 1.54) is 22.2 Å². The maximum atomic E-state index is 11.4. The number of pyridine rings is 1. The van der Waals surface area contributed by atoms with Crippen LogP contribution in [0.1, 0.15) is 10.4 Å². The van der Waals surface area contributed by atoms with Gasteiger partial charge in [-0.15, -0.1) is 11.3 Å². The van der Waals surface area contributed by atoms with Crippen molar-refractivity contribution in [3.05, 3.63) is 52.1 Å². The van der Waals surface area contributed by atoms with Gasteiger partial charge in [-0.2, -0.15) is 5.10 Å². The van der Waals surface area contributed by atoms with Gasteiger partial charge in [0.1, 0.15) is 11.3 Å². The Kier molecular flexibility index (Phi) is 3.25. The van der Waals surface area contributed by atoms with E-state index in [9.17, 15) is 9.90 Å². The number of carbonyl (C=O) groups is 1. The number of rotatable bonds is 3. The monoisotopic (exact) mass is 305 g/mol. The number of carboxylic acids is 1. The van der Waals surface area contributed by atoms with Crippen LogP contribution in [0.4, 0.5) is 0 Å². The number of halogens is 1. The molecule has 0 atom stereocenters. The largest absolute Gasteiger partial charge is 0.478 e. The van der Waals surface area contributed by atoms with E-state index in [4.69, 9.17) is 11.6 Å². The third kappa shape index (κ3) is 2.31. The lowest BCUT2D eigenvalue weighted by molar-refractivity contribution is 0.0697. The van der Waals surface area contributed by atoms with Crippen molar-refractivity contribution < 1.29 is 9.90 Å². The highest BCUT2D eigenvalue weighted by atomic mass is 35.5. The summed E-state index contributed by atoms with van der Waals surface area (Å²) in [6.07, 6.45) is 4.73. The van der Waals surface area contributed by atoms with Crippen molar-refractivity contribution in [2.24, 2.45) is 0 Å². The molecule has 0 fully saturated rings. The summed E-state index contributed by atoms with van der Waals surface area (Å²) in [6, 6.07) is 5.21. The van der Waals surface area contributed by atoms with E-state index in [2.05, 4.69) is 10.1 Å². The Hall–Kier alpha value is -2.18. The Morgan fingerprint density at radius 3 is 2.70 bits per heavy atom. The second kappa shape index (κ2) is 5.07. The average molecular weight is 306 g/mol. The average Bonchev–Trinajstić information content (AvgIpc) is 3.05. The van der Waals surface area contributed by atoms with Gasteiger partial charge in [0, 0.05) is 29.5 Å². The van der Waals surface area contributed by atoms with Crippen molar-refractivity contribution in [2.45, 2.75) is 0 Å². The van der Waals surface area contributed by atoms with Gasteiger partial charge in [0.15, 0.2) is 0 Å². The third-order valence-corrected chi connectivity index (χ3v) is 3.80. The van der Waals surface area contributed by atoms with Crippen molar-refractivity contribution in [3.8, 4) is 16.9 Å². The SMILES string of the molecule is O=C(O)c1cn(-c2ccncc2)nc1-c1csc(Cl)c1. The van der Waals surface area contributed by atoms with Crippen LogP contribution in [-0.2, 0) is 0 Å². The molecule has 3 rings (SSSR count). The Morgan fingerprint density at radius 1 is 1.35 bits per heavy atom. The van der Waals surface area contributed by atoms with Gasteiger partial charge in [-0.3, -0.25) is 4.98 Å². The zero-order chi connectivity index (χ0) is 14.1. The fourth-order valence-electron chi connectivity index (χ4n) is 1.81. The zero-order valence-electron chi connectivity index (χ0n) is 10.0. The van der Waals surface area contributed by atoms with Crippen molar-refractivity contribution in [3.63, 3.8) is 0 Å². The molecule has 0 saturated carbocycles.